The van der Waals surface area contributed by atoms with Crippen molar-refractivity contribution >= 4 is 11.9 Å². The first-order valence-electron chi connectivity index (χ1n) is 3.91. The Labute approximate surface area is 71.5 Å². The number of hydrogen-bond acceptors (Lipinski definition) is 3. The summed E-state index contributed by atoms with van der Waals surface area (Å²) in [4.78, 5) is 23.8. The number of cyclic esters (lactones) is 1. The lowest BCUT2D eigenvalue weighted by atomic mass is 10.0. The smallest absolute Gasteiger partial charge is 0.331 e. The molecule has 0 radical (unpaired) electrons. The molecule has 0 saturated carbocycles. The van der Waals surface area contributed by atoms with E-state index in [-0.39, 0.29) is 11.9 Å². The zero-order valence-corrected chi connectivity index (χ0v) is 7.59. The summed E-state index contributed by atoms with van der Waals surface area (Å²) >= 11 is 0. The third kappa shape index (κ3) is 1.29. The van der Waals surface area contributed by atoms with Gasteiger partial charge in [-0.15, -0.1) is 0 Å². The standard InChI is InChI=1S/C8H13NO3/c1-6(10)9-4-5-12-7(11)8(9,2)3/h4-5H2,1-3H3. The predicted octanol–water partition coefficient (Wildman–Crippen LogP) is 0.170. The first-order valence-corrected chi connectivity index (χ1v) is 3.91. The van der Waals surface area contributed by atoms with Crippen molar-refractivity contribution in [3.63, 3.8) is 0 Å². The van der Waals surface area contributed by atoms with Gasteiger partial charge in [-0.25, -0.2) is 4.79 Å². The topological polar surface area (TPSA) is 46.6 Å². The fraction of sp³-hybridized carbons (Fsp3) is 0.750. The van der Waals surface area contributed by atoms with Crippen molar-refractivity contribution in [1.82, 2.24) is 4.90 Å². The van der Waals surface area contributed by atoms with Gasteiger partial charge in [0.05, 0.1) is 6.54 Å². The average Bonchev–Trinajstić information content (AvgIpc) is 1.94. The Bertz CT molecular complexity index is 222. The zero-order chi connectivity index (χ0) is 9.35. The molecule has 1 heterocycles. The number of ether oxygens (including phenoxy) is 1. The SMILES string of the molecule is CC(=O)N1CCOC(=O)C1(C)C. The molecule has 0 aromatic rings. The highest BCUT2D eigenvalue weighted by Crippen LogP contribution is 2.19. The number of amides is 1. The van der Waals surface area contributed by atoms with Gasteiger partial charge in [-0.05, 0) is 13.8 Å². The molecule has 0 aromatic heterocycles. The number of hydrogen-bond donors (Lipinski definition) is 0. The number of carbonyl (C=O) groups excluding carboxylic acids is 2. The minimum atomic E-state index is -0.802. The summed E-state index contributed by atoms with van der Waals surface area (Å²) in [6.45, 7) is 5.64. The van der Waals surface area contributed by atoms with Crippen LogP contribution in [0.25, 0.3) is 0 Å². The summed E-state index contributed by atoms with van der Waals surface area (Å²) in [5.41, 5.74) is -0.802. The van der Waals surface area contributed by atoms with Gasteiger partial charge < -0.3 is 9.64 Å². The maximum atomic E-state index is 11.2. The van der Waals surface area contributed by atoms with Crippen LogP contribution in [0.2, 0.25) is 0 Å². The third-order valence-corrected chi connectivity index (χ3v) is 2.10. The molecule has 1 fully saturated rings. The van der Waals surface area contributed by atoms with E-state index in [9.17, 15) is 9.59 Å². The van der Waals surface area contributed by atoms with Crippen molar-refractivity contribution in [3.05, 3.63) is 0 Å². The van der Waals surface area contributed by atoms with Crippen molar-refractivity contribution in [2.75, 3.05) is 13.2 Å². The molecule has 1 aliphatic heterocycles. The van der Waals surface area contributed by atoms with E-state index in [4.69, 9.17) is 4.74 Å². The number of esters is 1. The first kappa shape index (κ1) is 9.03. The van der Waals surface area contributed by atoms with Crippen LogP contribution in [0.1, 0.15) is 20.8 Å². The van der Waals surface area contributed by atoms with Gasteiger partial charge in [-0.3, -0.25) is 4.79 Å². The van der Waals surface area contributed by atoms with Crippen LogP contribution in [0.4, 0.5) is 0 Å². The molecule has 1 aliphatic rings. The quantitative estimate of drug-likeness (QED) is 0.488. The molecule has 0 N–H and O–H groups in total. The molecule has 1 saturated heterocycles. The van der Waals surface area contributed by atoms with E-state index in [0.717, 1.165) is 0 Å². The Kier molecular flexibility index (Phi) is 2.08. The second-order valence-corrected chi connectivity index (χ2v) is 3.37. The van der Waals surface area contributed by atoms with Crippen molar-refractivity contribution < 1.29 is 14.3 Å². The van der Waals surface area contributed by atoms with Crippen LogP contribution in [0.15, 0.2) is 0 Å². The minimum Gasteiger partial charge on any atom is -0.462 e. The highest BCUT2D eigenvalue weighted by Gasteiger charge is 2.40. The normalized spacial score (nSPS) is 21.9. The molecule has 1 rings (SSSR count). The summed E-state index contributed by atoms with van der Waals surface area (Å²) in [7, 11) is 0. The summed E-state index contributed by atoms with van der Waals surface area (Å²) in [6, 6.07) is 0. The van der Waals surface area contributed by atoms with Gasteiger partial charge >= 0.3 is 5.97 Å². The third-order valence-electron chi connectivity index (χ3n) is 2.10. The van der Waals surface area contributed by atoms with Crippen LogP contribution in [-0.4, -0.2) is 35.5 Å². The van der Waals surface area contributed by atoms with E-state index in [1.54, 1.807) is 13.8 Å². The van der Waals surface area contributed by atoms with Crippen molar-refractivity contribution in [2.45, 2.75) is 26.3 Å². The van der Waals surface area contributed by atoms with Crippen LogP contribution >= 0.6 is 0 Å². The molecule has 4 nitrogen and oxygen atoms in total. The van der Waals surface area contributed by atoms with E-state index < -0.39 is 5.54 Å². The van der Waals surface area contributed by atoms with Crippen LogP contribution in [0.3, 0.4) is 0 Å². The monoisotopic (exact) mass is 171 g/mol. The molecule has 68 valence electrons. The fourth-order valence-corrected chi connectivity index (χ4v) is 1.35. The van der Waals surface area contributed by atoms with E-state index in [0.29, 0.717) is 13.2 Å². The zero-order valence-electron chi connectivity index (χ0n) is 7.59. The summed E-state index contributed by atoms with van der Waals surface area (Å²) in [6.07, 6.45) is 0. The predicted molar refractivity (Wildman–Crippen MR) is 42.4 cm³/mol. The molecular formula is C8H13NO3. The Morgan fingerprint density at radius 1 is 1.58 bits per heavy atom. The molecule has 4 heteroatoms. The van der Waals surface area contributed by atoms with Crippen molar-refractivity contribution in [1.29, 1.82) is 0 Å². The number of rotatable bonds is 0. The number of morpholine rings is 1. The molecule has 0 aromatic carbocycles. The Balaban J connectivity index is 2.86. The van der Waals surface area contributed by atoms with Crippen LogP contribution < -0.4 is 0 Å². The molecule has 0 atom stereocenters. The van der Waals surface area contributed by atoms with Gasteiger partial charge in [-0.2, -0.15) is 0 Å². The van der Waals surface area contributed by atoms with Gasteiger partial charge in [0.1, 0.15) is 12.1 Å². The van der Waals surface area contributed by atoms with Gasteiger partial charge in [0.15, 0.2) is 0 Å². The maximum absolute atomic E-state index is 11.2. The highest BCUT2D eigenvalue weighted by molar-refractivity contribution is 5.87. The van der Waals surface area contributed by atoms with E-state index in [1.165, 1.54) is 11.8 Å². The summed E-state index contributed by atoms with van der Waals surface area (Å²) < 4.78 is 4.84. The van der Waals surface area contributed by atoms with Gasteiger partial charge in [0.2, 0.25) is 5.91 Å². The number of carbonyl (C=O) groups is 2. The largest absolute Gasteiger partial charge is 0.462 e. The molecule has 1 amide bonds. The van der Waals surface area contributed by atoms with Crippen LogP contribution in [-0.2, 0) is 14.3 Å². The molecule has 0 bridgehead atoms. The summed E-state index contributed by atoms with van der Waals surface area (Å²) in [5.74, 6) is -0.416. The molecular weight excluding hydrogens is 158 g/mol. The maximum Gasteiger partial charge on any atom is 0.331 e. The first-order chi connectivity index (χ1) is 5.46. The van der Waals surface area contributed by atoms with Gasteiger partial charge in [0, 0.05) is 6.92 Å². The second kappa shape index (κ2) is 2.77. The number of nitrogens with zero attached hydrogens (tertiary/aromatic N) is 1. The lowest BCUT2D eigenvalue weighted by Gasteiger charge is -2.39. The Morgan fingerprint density at radius 2 is 2.17 bits per heavy atom. The van der Waals surface area contributed by atoms with E-state index >= 15 is 0 Å². The minimum absolute atomic E-state index is 0.0864. The average molecular weight is 171 g/mol. The lowest BCUT2D eigenvalue weighted by Crippen LogP contribution is -2.57. The Hall–Kier alpha value is -1.06. The van der Waals surface area contributed by atoms with E-state index in [2.05, 4.69) is 0 Å². The highest BCUT2D eigenvalue weighted by atomic mass is 16.5. The van der Waals surface area contributed by atoms with Crippen LogP contribution in [0.5, 0.6) is 0 Å². The van der Waals surface area contributed by atoms with Gasteiger partial charge in [0.25, 0.3) is 0 Å². The molecule has 0 aliphatic carbocycles. The van der Waals surface area contributed by atoms with E-state index in [1.807, 2.05) is 0 Å². The van der Waals surface area contributed by atoms with Crippen LogP contribution in [0, 0.1) is 0 Å². The van der Waals surface area contributed by atoms with Crippen molar-refractivity contribution in [3.8, 4) is 0 Å². The van der Waals surface area contributed by atoms with Crippen molar-refractivity contribution in [2.24, 2.45) is 0 Å². The molecule has 0 unspecified atom stereocenters. The fourth-order valence-electron chi connectivity index (χ4n) is 1.35. The second-order valence-electron chi connectivity index (χ2n) is 3.37. The Morgan fingerprint density at radius 3 is 2.58 bits per heavy atom. The molecule has 12 heavy (non-hydrogen) atoms. The van der Waals surface area contributed by atoms with Gasteiger partial charge in [-0.1, -0.05) is 0 Å². The summed E-state index contributed by atoms with van der Waals surface area (Å²) in [5, 5.41) is 0. The molecule has 0 spiro atoms. The lowest BCUT2D eigenvalue weighted by molar-refractivity contribution is -0.171.